The molecule has 0 atom stereocenters. The van der Waals surface area contributed by atoms with E-state index in [1.807, 2.05) is 54.6 Å². The van der Waals surface area contributed by atoms with Crippen LogP contribution in [-0.2, 0) is 17.4 Å². The molecule has 0 radical (unpaired) electrons. The van der Waals surface area contributed by atoms with E-state index in [0.717, 1.165) is 33.3 Å². The summed E-state index contributed by atoms with van der Waals surface area (Å²) >= 11 is 0. The fraction of sp³-hybridized carbons (Fsp3) is 0.310. The average Bonchev–Trinajstić information content (AvgIpc) is 3.12. The first-order valence-corrected chi connectivity index (χ1v) is 11.6. The zero-order chi connectivity index (χ0) is 24.7. The average molecular weight is 456 g/mol. The molecule has 0 aliphatic rings. The van der Waals surface area contributed by atoms with Crippen molar-refractivity contribution in [1.82, 2.24) is 9.55 Å². The van der Waals surface area contributed by atoms with Crippen molar-refractivity contribution in [3.05, 3.63) is 94.8 Å². The van der Waals surface area contributed by atoms with Gasteiger partial charge in [-0.15, -0.1) is 0 Å². The lowest BCUT2D eigenvalue weighted by Gasteiger charge is -2.28. The van der Waals surface area contributed by atoms with Gasteiger partial charge < -0.3 is 14.9 Å². The van der Waals surface area contributed by atoms with E-state index in [-0.39, 0.29) is 10.8 Å². The maximum absolute atomic E-state index is 11.2. The summed E-state index contributed by atoms with van der Waals surface area (Å²) in [7, 11) is 0. The first kappa shape index (κ1) is 23.6. The molecule has 0 bridgehead atoms. The van der Waals surface area contributed by atoms with Crippen LogP contribution in [0.4, 0.5) is 0 Å². The van der Waals surface area contributed by atoms with E-state index in [9.17, 15) is 10.3 Å². The van der Waals surface area contributed by atoms with Crippen LogP contribution in [0.25, 0.3) is 11.0 Å². The Labute approximate surface area is 201 Å². The summed E-state index contributed by atoms with van der Waals surface area (Å²) in [5.74, 6) is 0.872. The van der Waals surface area contributed by atoms with E-state index >= 15 is 0 Å². The molecule has 5 nitrogen and oxygen atoms in total. The molecule has 34 heavy (non-hydrogen) atoms. The number of benzene rings is 3. The van der Waals surface area contributed by atoms with Gasteiger partial charge in [-0.3, -0.25) is 0 Å². The van der Waals surface area contributed by atoms with Gasteiger partial charge in [0, 0.05) is 23.2 Å². The van der Waals surface area contributed by atoms with E-state index in [1.165, 1.54) is 0 Å². The molecule has 1 heterocycles. The molecule has 0 spiro atoms. The molecule has 0 aliphatic carbocycles. The Hall–Kier alpha value is -3.60. The number of fused-ring (bicyclic) bond motifs is 1. The quantitative estimate of drug-likeness (QED) is 0.207. The summed E-state index contributed by atoms with van der Waals surface area (Å²) < 4.78 is 2.08. The van der Waals surface area contributed by atoms with E-state index in [1.54, 1.807) is 0 Å². The van der Waals surface area contributed by atoms with Crippen LogP contribution in [0, 0.1) is 0 Å². The smallest absolute Gasteiger partial charge is 0.164 e. The van der Waals surface area contributed by atoms with Crippen LogP contribution >= 0.6 is 0 Å². The second-order valence-corrected chi connectivity index (χ2v) is 10.9. The molecule has 4 aromatic rings. The summed E-state index contributed by atoms with van der Waals surface area (Å²) in [6, 6.07) is 22.0. The Bertz CT molecular complexity index is 1320. The maximum Gasteiger partial charge on any atom is 0.164 e. The molecule has 0 fully saturated rings. The van der Waals surface area contributed by atoms with Gasteiger partial charge in [-0.05, 0) is 40.7 Å². The van der Waals surface area contributed by atoms with Crippen LogP contribution in [0.2, 0.25) is 0 Å². The van der Waals surface area contributed by atoms with Crippen LogP contribution in [0.1, 0.15) is 69.6 Å². The minimum atomic E-state index is -0.301. The van der Waals surface area contributed by atoms with Crippen molar-refractivity contribution < 1.29 is 10.3 Å². The lowest BCUT2D eigenvalue weighted by molar-refractivity contribution is 0.319. The Morgan fingerprint density at radius 3 is 1.97 bits per heavy atom. The maximum atomic E-state index is 11.2. The molecular formula is C29H33N3O2. The van der Waals surface area contributed by atoms with Crippen molar-refractivity contribution in [2.45, 2.75) is 58.9 Å². The third-order valence-electron chi connectivity index (χ3n) is 6.15. The number of hydrogen-bond donors (Lipinski definition) is 2. The largest absolute Gasteiger partial charge is 0.507 e. The van der Waals surface area contributed by atoms with Crippen molar-refractivity contribution in [3.8, 4) is 5.75 Å². The van der Waals surface area contributed by atoms with Gasteiger partial charge in [-0.2, -0.15) is 0 Å². The minimum absolute atomic E-state index is 0.291. The lowest BCUT2D eigenvalue weighted by Crippen LogP contribution is -2.20. The summed E-state index contributed by atoms with van der Waals surface area (Å²) in [5.41, 5.74) is 5.04. The predicted molar refractivity (Wildman–Crippen MR) is 138 cm³/mol. The number of phenolic OH excluding ortho intramolecular Hbond substituents is 1. The van der Waals surface area contributed by atoms with Gasteiger partial charge in [0.1, 0.15) is 5.75 Å². The highest BCUT2D eigenvalue weighted by Crippen LogP contribution is 2.40. The van der Waals surface area contributed by atoms with Crippen molar-refractivity contribution >= 4 is 16.7 Å². The van der Waals surface area contributed by atoms with E-state index in [0.29, 0.717) is 23.8 Å². The Kier molecular flexibility index (Phi) is 5.98. The summed E-state index contributed by atoms with van der Waals surface area (Å²) in [6.45, 7) is 13.0. The Morgan fingerprint density at radius 2 is 1.41 bits per heavy atom. The second kappa shape index (κ2) is 8.64. The summed E-state index contributed by atoms with van der Waals surface area (Å²) in [6.07, 6.45) is 0. The van der Waals surface area contributed by atoms with Gasteiger partial charge in [0.25, 0.3) is 0 Å². The van der Waals surface area contributed by atoms with Gasteiger partial charge in [0.2, 0.25) is 0 Å². The second-order valence-electron chi connectivity index (χ2n) is 10.9. The minimum Gasteiger partial charge on any atom is -0.507 e. The summed E-state index contributed by atoms with van der Waals surface area (Å²) in [5, 5.41) is 25.2. The van der Waals surface area contributed by atoms with Crippen LogP contribution < -0.4 is 0 Å². The van der Waals surface area contributed by atoms with Crippen molar-refractivity contribution in [2.24, 2.45) is 5.16 Å². The number of imidazole rings is 1. The van der Waals surface area contributed by atoms with E-state index in [2.05, 4.69) is 63.4 Å². The van der Waals surface area contributed by atoms with E-state index < -0.39 is 0 Å². The van der Waals surface area contributed by atoms with Crippen LogP contribution in [0.5, 0.6) is 5.75 Å². The van der Waals surface area contributed by atoms with Gasteiger partial charge in [-0.25, -0.2) is 4.98 Å². The fourth-order valence-electron chi connectivity index (χ4n) is 4.33. The molecule has 0 unspecified atom stereocenters. The number of nitrogens with zero attached hydrogens (tertiary/aromatic N) is 3. The highest BCUT2D eigenvalue weighted by molar-refractivity contribution is 6.12. The van der Waals surface area contributed by atoms with Gasteiger partial charge in [0.05, 0.1) is 11.0 Å². The molecule has 3 aromatic carbocycles. The molecule has 1 aromatic heterocycles. The number of phenols is 1. The predicted octanol–water partition coefficient (Wildman–Crippen LogP) is 6.61. The van der Waals surface area contributed by atoms with Crippen molar-refractivity contribution in [3.63, 3.8) is 0 Å². The number of rotatable bonds is 4. The molecule has 4 rings (SSSR count). The molecule has 5 heteroatoms. The molecular weight excluding hydrogens is 422 g/mol. The van der Waals surface area contributed by atoms with Gasteiger partial charge in [0.15, 0.2) is 11.5 Å². The van der Waals surface area contributed by atoms with Crippen molar-refractivity contribution in [1.29, 1.82) is 0 Å². The monoisotopic (exact) mass is 455 g/mol. The number of aromatic hydroxyl groups is 1. The van der Waals surface area contributed by atoms with Crippen LogP contribution in [-0.4, -0.2) is 25.6 Å². The zero-order valence-corrected chi connectivity index (χ0v) is 20.8. The zero-order valence-electron chi connectivity index (χ0n) is 20.8. The third kappa shape index (κ3) is 4.43. The Morgan fingerprint density at radius 1 is 0.853 bits per heavy atom. The molecule has 176 valence electrons. The molecule has 2 N–H and O–H groups in total. The number of hydrogen-bond acceptors (Lipinski definition) is 4. The number of oxime groups is 1. The molecule has 0 saturated heterocycles. The topological polar surface area (TPSA) is 70.6 Å². The number of aromatic nitrogens is 2. The van der Waals surface area contributed by atoms with Crippen molar-refractivity contribution in [2.75, 3.05) is 0 Å². The van der Waals surface area contributed by atoms with Crippen LogP contribution in [0.3, 0.4) is 0 Å². The number of para-hydroxylation sites is 2. The Balaban J connectivity index is 1.97. The lowest BCUT2D eigenvalue weighted by atomic mass is 9.78. The molecule has 0 amide bonds. The van der Waals surface area contributed by atoms with E-state index in [4.69, 9.17) is 4.98 Å². The molecule has 0 saturated carbocycles. The highest BCUT2D eigenvalue weighted by atomic mass is 16.4. The first-order valence-electron chi connectivity index (χ1n) is 11.6. The fourth-order valence-corrected chi connectivity index (χ4v) is 4.33. The normalized spacial score (nSPS) is 12.9. The van der Waals surface area contributed by atoms with Crippen LogP contribution in [0.15, 0.2) is 71.9 Å². The third-order valence-corrected chi connectivity index (χ3v) is 6.15. The highest BCUT2D eigenvalue weighted by Gasteiger charge is 2.29. The molecule has 0 aliphatic heterocycles. The summed E-state index contributed by atoms with van der Waals surface area (Å²) in [4.78, 5) is 4.87. The van der Waals surface area contributed by atoms with Gasteiger partial charge in [-0.1, -0.05) is 89.2 Å². The standard InChI is InChI=1S/C29H33N3O2/c1-28(2,3)21-16-20(17-22(26(21)33)29(4,5)6)25(31-34)27-30-23-14-10-11-15-24(23)32(27)18-19-12-8-7-9-13-19/h7-17,33-34H,18H2,1-6H3/b31-25+. The van der Waals surface area contributed by atoms with Gasteiger partial charge >= 0.3 is 0 Å². The SMILES string of the molecule is CC(C)(C)c1cc(/C(=N\O)c2nc3ccccc3n2Cc2ccccc2)cc(C(C)(C)C)c1O. The first-order chi connectivity index (χ1) is 16.0.